The lowest BCUT2D eigenvalue weighted by Gasteiger charge is -2.07. The van der Waals surface area contributed by atoms with E-state index in [-0.39, 0.29) is 12.3 Å². The number of nitrogens with one attached hydrogen (secondary N) is 2. The van der Waals surface area contributed by atoms with Gasteiger partial charge in [-0.25, -0.2) is 4.79 Å². The quantitative estimate of drug-likeness (QED) is 0.686. The topological polar surface area (TPSA) is 67.4 Å². The molecule has 1 aromatic carbocycles. The van der Waals surface area contributed by atoms with E-state index in [9.17, 15) is 9.59 Å². The van der Waals surface area contributed by atoms with Crippen molar-refractivity contribution in [1.29, 1.82) is 0 Å². The number of ether oxygens (including phenoxy) is 1. The fourth-order valence-corrected chi connectivity index (χ4v) is 1.88. The van der Waals surface area contributed by atoms with Gasteiger partial charge < -0.3 is 15.4 Å². The number of hydrogen-bond donors (Lipinski definition) is 2. The van der Waals surface area contributed by atoms with Crippen LogP contribution >= 0.6 is 0 Å². The van der Waals surface area contributed by atoms with Crippen LogP contribution in [0.2, 0.25) is 0 Å². The average Bonchev–Trinajstić information content (AvgIpc) is 2.48. The van der Waals surface area contributed by atoms with Crippen LogP contribution in [0.25, 0.3) is 0 Å². The van der Waals surface area contributed by atoms with E-state index in [1.54, 1.807) is 6.92 Å². The average molecular weight is 292 g/mol. The molecular formula is C16H24N2O3. The minimum absolute atomic E-state index is 0.0495. The minimum Gasteiger partial charge on any atom is -0.450 e. The number of alkyl carbamates (subject to hydrolysis) is 1. The van der Waals surface area contributed by atoms with Gasteiger partial charge in [0.25, 0.3) is 0 Å². The van der Waals surface area contributed by atoms with E-state index in [2.05, 4.69) is 22.8 Å². The number of amides is 2. The first-order chi connectivity index (χ1) is 10.2. The molecule has 0 heterocycles. The van der Waals surface area contributed by atoms with Gasteiger partial charge in [0, 0.05) is 19.5 Å². The highest BCUT2D eigenvalue weighted by atomic mass is 16.5. The summed E-state index contributed by atoms with van der Waals surface area (Å²) >= 11 is 0. The second kappa shape index (κ2) is 10.7. The Kier molecular flexibility index (Phi) is 8.68. The van der Waals surface area contributed by atoms with Crippen LogP contribution in [0.1, 0.15) is 31.7 Å². The van der Waals surface area contributed by atoms with Crippen molar-refractivity contribution in [2.24, 2.45) is 0 Å². The van der Waals surface area contributed by atoms with Gasteiger partial charge >= 0.3 is 6.09 Å². The van der Waals surface area contributed by atoms with Gasteiger partial charge in [0.2, 0.25) is 5.91 Å². The standard InChI is InChI=1S/C16H24N2O3/c1-2-21-16(20)18-13-11-15(19)17-12-7-6-10-14-8-4-3-5-9-14/h3-5,8-9H,2,6-7,10-13H2,1H3,(H,17,19)(H,18,20). The summed E-state index contributed by atoms with van der Waals surface area (Å²) in [5.74, 6) is -0.0495. The summed E-state index contributed by atoms with van der Waals surface area (Å²) in [5, 5.41) is 5.36. The summed E-state index contributed by atoms with van der Waals surface area (Å²) in [6, 6.07) is 10.3. The van der Waals surface area contributed by atoms with Gasteiger partial charge in [0.05, 0.1) is 6.61 Å². The summed E-state index contributed by atoms with van der Waals surface area (Å²) < 4.78 is 4.70. The third-order valence-corrected chi connectivity index (χ3v) is 2.95. The van der Waals surface area contributed by atoms with Gasteiger partial charge in [-0.1, -0.05) is 30.3 Å². The molecule has 1 aromatic rings. The first-order valence-electron chi connectivity index (χ1n) is 7.43. The number of aryl methyl sites for hydroxylation is 1. The molecule has 0 saturated carbocycles. The molecule has 0 saturated heterocycles. The van der Waals surface area contributed by atoms with Crippen LogP contribution in [-0.2, 0) is 16.0 Å². The van der Waals surface area contributed by atoms with E-state index < -0.39 is 6.09 Å². The molecule has 0 atom stereocenters. The van der Waals surface area contributed by atoms with Crippen molar-refractivity contribution in [3.8, 4) is 0 Å². The number of carbonyl (C=O) groups is 2. The van der Waals surface area contributed by atoms with Crippen molar-refractivity contribution in [3.05, 3.63) is 35.9 Å². The van der Waals surface area contributed by atoms with Crippen molar-refractivity contribution in [2.45, 2.75) is 32.6 Å². The maximum atomic E-state index is 11.5. The molecule has 0 aromatic heterocycles. The van der Waals surface area contributed by atoms with Crippen molar-refractivity contribution in [3.63, 3.8) is 0 Å². The molecular weight excluding hydrogens is 268 g/mol. The summed E-state index contributed by atoms with van der Waals surface area (Å²) in [6.07, 6.45) is 2.82. The van der Waals surface area contributed by atoms with Crippen LogP contribution in [0.5, 0.6) is 0 Å². The molecule has 2 N–H and O–H groups in total. The molecule has 116 valence electrons. The van der Waals surface area contributed by atoms with Gasteiger partial charge in [-0.3, -0.25) is 4.79 Å². The molecule has 2 amide bonds. The van der Waals surface area contributed by atoms with E-state index in [4.69, 9.17) is 4.74 Å². The Hall–Kier alpha value is -2.04. The zero-order valence-electron chi connectivity index (χ0n) is 12.6. The Morgan fingerprint density at radius 3 is 2.52 bits per heavy atom. The number of unbranched alkanes of at least 4 members (excludes halogenated alkanes) is 1. The summed E-state index contributed by atoms with van der Waals surface area (Å²) in [6.45, 7) is 3.04. The van der Waals surface area contributed by atoms with Crippen LogP contribution in [0.15, 0.2) is 30.3 Å². The van der Waals surface area contributed by atoms with Gasteiger partial charge in [0.15, 0.2) is 0 Å². The van der Waals surface area contributed by atoms with E-state index >= 15 is 0 Å². The number of rotatable bonds is 9. The number of benzene rings is 1. The van der Waals surface area contributed by atoms with E-state index in [0.29, 0.717) is 19.7 Å². The molecule has 0 aliphatic rings. The molecule has 0 fully saturated rings. The van der Waals surface area contributed by atoms with E-state index in [1.807, 2.05) is 18.2 Å². The SMILES string of the molecule is CCOC(=O)NCCC(=O)NCCCCc1ccccc1. The Balaban J connectivity index is 1.97. The van der Waals surface area contributed by atoms with Crippen molar-refractivity contribution >= 4 is 12.0 Å². The summed E-state index contributed by atoms with van der Waals surface area (Å²) in [4.78, 5) is 22.5. The molecule has 0 aliphatic carbocycles. The fourth-order valence-electron chi connectivity index (χ4n) is 1.88. The molecule has 0 unspecified atom stereocenters. The predicted octanol–water partition coefficient (Wildman–Crippen LogP) is 2.26. The molecule has 0 aliphatic heterocycles. The lowest BCUT2D eigenvalue weighted by molar-refractivity contribution is -0.120. The monoisotopic (exact) mass is 292 g/mol. The number of hydrogen-bond acceptors (Lipinski definition) is 3. The third-order valence-electron chi connectivity index (χ3n) is 2.95. The molecule has 1 rings (SSSR count). The zero-order chi connectivity index (χ0) is 15.3. The molecule has 5 nitrogen and oxygen atoms in total. The second-order valence-electron chi connectivity index (χ2n) is 4.69. The first kappa shape index (κ1) is 17.0. The van der Waals surface area contributed by atoms with Crippen LogP contribution in [0.3, 0.4) is 0 Å². The van der Waals surface area contributed by atoms with Crippen LogP contribution in [0.4, 0.5) is 4.79 Å². The number of carbonyl (C=O) groups excluding carboxylic acids is 2. The largest absolute Gasteiger partial charge is 0.450 e. The Morgan fingerprint density at radius 2 is 1.81 bits per heavy atom. The fraction of sp³-hybridized carbons (Fsp3) is 0.500. The molecule has 5 heteroatoms. The molecule has 21 heavy (non-hydrogen) atoms. The highest BCUT2D eigenvalue weighted by Crippen LogP contribution is 2.03. The molecule has 0 bridgehead atoms. The first-order valence-corrected chi connectivity index (χ1v) is 7.43. The smallest absolute Gasteiger partial charge is 0.407 e. The minimum atomic E-state index is -0.479. The Morgan fingerprint density at radius 1 is 1.05 bits per heavy atom. The highest BCUT2D eigenvalue weighted by molar-refractivity contribution is 5.76. The van der Waals surface area contributed by atoms with Crippen molar-refractivity contribution in [1.82, 2.24) is 10.6 Å². The van der Waals surface area contributed by atoms with E-state index in [0.717, 1.165) is 19.3 Å². The van der Waals surface area contributed by atoms with Crippen LogP contribution in [-0.4, -0.2) is 31.7 Å². The lowest BCUT2D eigenvalue weighted by atomic mass is 10.1. The predicted molar refractivity (Wildman–Crippen MR) is 82.0 cm³/mol. The Labute approximate surface area is 126 Å². The highest BCUT2D eigenvalue weighted by Gasteiger charge is 2.03. The molecule has 0 radical (unpaired) electrons. The summed E-state index contributed by atoms with van der Waals surface area (Å²) in [7, 11) is 0. The molecule has 0 spiro atoms. The van der Waals surface area contributed by atoms with Crippen molar-refractivity contribution in [2.75, 3.05) is 19.7 Å². The third kappa shape index (κ3) is 8.68. The summed E-state index contributed by atoms with van der Waals surface area (Å²) in [5.41, 5.74) is 1.32. The van der Waals surface area contributed by atoms with E-state index in [1.165, 1.54) is 5.56 Å². The van der Waals surface area contributed by atoms with Gasteiger partial charge in [-0.2, -0.15) is 0 Å². The van der Waals surface area contributed by atoms with Gasteiger partial charge in [0.1, 0.15) is 0 Å². The Bertz CT molecular complexity index is 421. The second-order valence-corrected chi connectivity index (χ2v) is 4.69. The van der Waals surface area contributed by atoms with Crippen LogP contribution < -0.4 is 10.6 Å². The lowest BCUT2D eigenvalue weighted by Crippen LogP contribution is -2.31. The maximum Gasteiger partial charge on any atom is 0.407 e. The zero-order valence-corrected chi connectivity index (χ0v) is 12.6. The van der Waals surface area contributed by atoms with Crippen LogP contribution in [0, 0.1) is 0 Å². The normalized spacial score (nSPS) is 9.95. The van der Waals surface area contributed by atoms with Gasteiger partial charge in [-0.05, 0) is 31.7 Å². The van der Waals surface area contributed by atoms with Crippen molar-refractivity contribution < 1.29 is 14.3 Å². The van der Waals surface area contributed by atoms with Gasteiger partial charge in [-0.15, -0.1) is 0 Å². The maximum absolute atomic E-state index is 11.5.